The highest BCUT2D eigenvalue weighted by Gasteiger charge is 2.21. The quantitative estimate of drug-likeness (QED) is 0.482. The van der Waals surface area contributed by atoms with Gasteiger partial charge in [0.2, 0.25) is 5.91 Å². The summed E-state index contributed by atoms with van der Waals surface area (Å²) >= 11 is 2.75. The lowest BCUT2D eigenvalue weighted by Crippen LogP contribution is -2.19. The fourth-order valence-electron chi connectivity index (χ4n) is 2.92. The molecule has 5 rings (SSSR count). The lowest BCUT2D eigenvalue weighted by atomic mass is 10.2. The molecule has 2 amide bonds. The predicted molar refractivity (Wildman–Crippen MR) is 111 cm³/mol. The number of benzene rings is 1. The van der Waals surface area contributed by atoms with E-state index in [2.05, 4.69) is 15.6 Å². The van der Waals surface area contributed by atoms with Gasteiger partial charge in [-0.25, -0.2) is 4.98 Å². The topological polar surface area (TPSA) is 97.4 Å². The fourth-order valence-corrected chi connectivity index (χ4v) is 4.64. The highest BCUT2D eigenvalue weighted by atomic mass is 32.2. The first kappa shape index (κ1) is 17.8. The molecule has 0 atom stereocenters. The Hall–Kier alpha value is -3.30. The minimum absolute atomic E-state index is 0.0776. The second-order valence-corrected chi connectivity index (χ2v) is 8.17. The third-order valence-electron chi connectivity index (χ3n) is 4.22. The van der Waals surface area contributed by atoms with E-state index in [4.69, 9.17) is 8.83 Å². The number of hydrogen-bond donors (Lipinski definition) is 2. The average Bonchev–Trinajstić information content (AvgIpc) is 3.47. The minimum atomic E-state index is -0.316. The summed E-state index contributed by atoms with van der Waals surface area (Å²) in [6.45, 7) is 0. The summed E-state index contributed by atoms with van der Waals surface area (Å²) in [5, 5.41) is 6.04. The molecule has 7 nitrogen and oxygen atoms in total. The highest BCUT2D eigenvalue weighted by molar-refractivity contribution is 8.00. The van der Waals surface area contributed by atoms with Crippen LogP contribution in [0.25, 0.3) is 22.1 Å². The number of fused-ring (bicyclic) bond motifs is 1. The SMILES string of the molecule is O=C1CSc2ccc(C(=O)Nc3nc(-c4ccco4)c(-c4ccco4)s3)cc2N1. The van der Waals surface area contributed by atoms with Gasteiger partial charge in [-0.3, -0.25) is 14.9 Å². The number of amides is 2. The normalized spacial score (nSPS) is 13.0. The Kier molecular flexibility index (Phi) is 4.45. The Morgan fingerprint density at radius 1 is 1.10 bits per heavy atom. The molecule has 0 fully saturated rings. The zero-order chi connectivity index (χ0) is 19.8. The molecular formula is C20H13N3O4S2. The molecule has 4 aromatic rings. The molecule has 2 N–H and O–H groups in total. The van der Waals surface area contributed by atoms with Crippen LogP contribution in [0.3, 0.4) is 0 Å². The number of carbonyl (C=O) groups is 2. The van der Waals surface area contributed by atoms with Gasteiger partial charge in [0.25, 0.3) is 5.91 Å². The van der Waals surface area contributed by atoms with Crippen molar-refractivity contribution in [3.63, 3.8) is 0 Å². The van der Waals surface area contributed by atoms with Crippen LogP contribution in [-0.4, -0.2) is 22.6 Å². The molecule has 144 valence electrons. The second kappa shape index (κ2) is 7.26. The molecular weight excluding hydrogens is 410 g/mol. The van der Waals surface area contributed by atoms with Crippen molar-refractivity contribution in [3.05, 3.63) is 60.6 Å². The fraction of sp³-hybridized carbons (Fsp3) is 0.0500. The lowest BCUT2D eigenvalue weighted by Gasteiger charge is -2.16. The largest absolute Gasteiger partial charge is 0.463 e. The van der Waals surface area contributed by atoms with E-state index in [-0.39, 0.29) is 11.8 Å². The Bertz CT molecular complexity index is 1150. The maximum Gasteiger partial charge on any atom is 0.257 e. The third-order valence-corrected chi connectivity index (χ3v) is 6.28. The zero-order valence-corrected chi connectivity index (χ0v) is 16.4. The van der Waals surface area contributed by atoms with Crippen LogP contribution < -0.4 is 10.6 Å². The van der Waals surface area contributed by atoms with Gasteiger partial charge in [0.15, 0.2) is 10.9 Å². The Balaban J connectivity index is 1.45. The van der Waals surface area contributed by atoms with E-state index in [1.54, 1.807) is 42.9 Å². The van der Waals surface area contributed by atoms with E-state index in [9.17, 15) is 9.59 Å². The highest BCUT2D eigenvalue weighted by Crippen LogP contribution is 2.39. The molecule has 9 heteroatoms. The molecule has 0 bridgehead atoms. The Morgan fingerprint density at radius 2 is 1.90 bits per heavy atom. The van der Waals surface area contributed by atoms with E-state index >= 15 is 0 Å². The molecule has 0 saturated heterocycles. The van der Waals surface area contributed by atoms with Gasteiger partial charge in [-0.1, -0.05) is 11.3 Å². The molecule has 0 aliphatic carbocycles. The van der Waals surface area contributed by atoms with Crippen molar-refractivity contribution in [2.45, 2.75) is 4.90 Å². The van der Waals surface area contributed by atoms with Crippen LogP contribution in [-0.2, 0) is 4.79 Å². The first-order chi connectivity index (χ1) is 14.2. The van der Waals surface area contributed by atoms with E-state index < -0.39 is 0 Å². The van der Waals surface area contributed by atoms with Gasteiger partial charge >= 0.3 is 0 Å². The number of aromatic nitrogens is 1. The van der Waals surface area contributed by atoms with Crippen LogP contribution in [0, 0.1) is 0 Å². The standard InChI is InChI=1S/C20H13N3O4S2/c24-16-10-28-15-6-5-11(9-12(15)21-16)19(25)23-20-22-17(13-3-1-7-26-13)18(29-20)14-4-2-8-27-14/h1-9H,10H2,(H,21,24)(H,22,23,25). The van der Waals surface area contributed by atoms with Crippen molar-refractivity contribution >= 4 is 45.7 Å². The number of thiazole rings is 1. The van der Waals surface area contributed by atoms with E-state index in [1.807, 2.05) is 12.1 Å². The van der Waals surface area contributed by atoms with E-state index in [1.165, 1.54) is 23.1 Å². The molecule has 0 unspecified atom stereocenters. The third kappa shape index (κ3) is 3.45. The van der Waals surface area contributed by atoms with Crippen molar-refractivity contribution in [3.8, 4) is 22.1 Å². The van der Waals surface area contributed by atoms with Gasteiger partial charge in [-0.05, 0) is 42.5 Å². The number of nitrogens with one attached hydrogen (secondary N) is 2. The Morgan fingerprint density at radius 3 is 2.66 bits per heavy atom. The van der Waals surface area contributed by atoms with Gasteiger partial charge in [-0.2, -0.15) is 0 Å². The molecule has 29 heavy (non-hydrogen) atoms. The molecule has 1 aromatic carbocycles. The summed E-state index contributed by atoms with van der Waals surface area (Å²) in [6, 6.07) is 12.4. The molecule has 0 spiro atoms. The van der Waals surface area contributed by atoms with Gasteiger partial charge in [0, 0.05) is 10.5 Å². The van der Waals surface area contributed by atoms with Gasteiger partial charge in [0.1, 0.15) is 16.3 Å². The van der Waals surface area contributed by atoms with E-state index in [0.29, 0.717) is 39.3 Å². The molecule has 0 radical (unpaired) electrons. The van der Waals surface area contributed by atoms with Gasteiger partial charge in [-0.15, -0.1) is 11.8 Å². The first-order valence-corrected chi connectivity index (χ1v) is 10.4. The zero-order valence-electron chi connectivity index (χ0n) is 14.8. The number of rotatable bonds is 4. The molecule has 1 aliphatic rings. The summed E-state index contributed by atoms with van der Waals surface area (Å²) in [5.74, 6) is 1.21. The summed E-state index contributed by atoms with van der Waals surface area (Å²) < 4.78 is 11.0. The Labute approximate surface area is 173 Å². The monoisotopic (exact) mass is 423 g/mol. The van der Waals surface area contributed by atoms with Crippen LogP contribution in [0.4, 0.5) is 10.8 Å². The number of hydrogen-bond acceptors (Lipinski definition) is 7. The van der Waals surface area contributed by atoms with Crippen LogP contribution in [0.2, 0.25) is 0 Å². The van der Waals surface area contributed by atoms with Crippen molar-refractivity contribution in [2.24, 2.45) is 0 Å². The summed E-state index contributed by atoms with van der Waals surface area (Å²) in [5.41, 5.74) is 1.67. The lowest BCUT2D eigenvalue weighted by molar-refractivity contribution is -0.113. The average molecular weight is 423 g/mol. The summed E-state index contributed by atoms with van der Waals surface area (Å²) in [4.78, 5) is 30.6. The van der Waals surface area contributed by atoms with Crippen LogP contribution in [0.1, 0.15) is 10.4 Å². The minimum Gasteiger partial charge on any atom is -0.463 e. The molecule has 1 aliphatic heterocycles. The second-order valence-electron chi connectivity index (χ2n) is 6.15. The van der Waals surface area contributed by atoms with Crippen LogP contribution in [0.15, 0.2) is 68.7 Å². The maximum absolute atomic E-state index is 12.8. The molecule has 3 aromatic heterocycles. The summed E-state index contributed by atoms with van der Waals surface area (Å²) in [6.07, 6.45) is 3.15. The summed E-state index contributed by atoms with van der Waals surface area (Å²) in [7, 11) is 0. The van der Waals surface area contributed by atoms with Crippen molar-refractivity contribution in [1.29, 1.82) is 0 Å². The predicted octanol–water partition coefficient (Wildman–Crippen LogP) is 4.96. The van der Waals surface area contributed by atoms with Crippen LogP contribution >= 0.6 is 23.1 Å². The number of nitrogens with zero attached hydrogens (tertiary/aromatic N) is 1. The van der Waals surface area contributed by atoms with Crippen molar-refractivity contribution in [2.75, 3.05) is 16.4 Å². The number of furan rings is 2. The van der Waals surface area contributed by atoms with Gasteiger partial charge in [0.05, 0.1) is 24.0 Å². The van der Waals surface area contributed by atoms with Crippen molar-refractivity contribution < 1.29 is 18.4 Å². The van der Waals surface area contributed by atoms with Crippen LogP contribution in [0.5, 0.6) is 0 Å². The van der Waals surface area contributed by atoms with Gasteiger partial charge < -0.3 is 14.2 Å². The smallest absolute Gasteiger partial charge is 0.257 e. The molecule has 4 heterocycles. The number of thioether (sulfide) groups is 1. The maximum atomic E-state index is 12.8. The number of carbonyl (C=O) groups excluding carboxylic acids is 2. The first-order valence-electron chi connectivity index (χ1n) is 8.64. The van der Waals surface area contributed by atoms with E-state index in [0.717, 1.165) is 9.77 Å². The number of anilines is 2. The van der Waals surface area contributed by atoms with Crippen molar-refractivity contribution in [1.82, 2.24) is 4.98 Å². The molecule has 0 saturated carbocycles.